The highest BCUT2D eigenvalue weighted by molar-refractivity contribution is 9.11. The summed E-state index contributed by atoms with van der Waals surface area (Å²) in [6.45, 7) is 0. The second-order valence-electron chi connectivity index (χ2n) is 3.98. The molecule has 0 bridgehead atoms. The first-order chi connectivity index (χ1) is 9.04. The molecule has 0 spiro atoms. The van der Waals surface area contributed by atoms with Gasteiger partial charge in [0.05, 0.1) is 12.1 Å². The summed E-state index contributed by atoms with van der Waals surface area (Å²) in [5.41, 5.74) is 1.47. The van der Waals surface area contributed by atoms with Gasteiger partial charge in [-0.2, -0.15) is 0 Å². The molecule has 0 atom stereocenters. The van der Waals surface area contributed by atoms with E-state index in [0.717, 1.165) is 14.5 Å². The SMILES string of the molecule is O=C(Cc1ccc(F)cc1)Nc1ccc(Br)cc1Br. The summed E-state index contributed by atoms with van der Waals surface area (Å²) in [6, 6.07) is 11.4. The number of anilines is 1. The molecular formula is C14H10Br2FNO. The Bertz CT molecular complexity index is 599. The van der Waals surface area contributed by atoms with E-state index in [4.69, 9.17) is 0 Å². The fraction of sp³-hybridized carbons (Fsp3) is 0.0714. The number of nitrogens with one attached hydrogen (secondary N) is 1. The van der Waals surface area contributed by atoms with Crippen LogP contribution in [0.4, 0.5) is 10.1 Å². The minimum absolute atomic E-state index is 0.144. The highest BCUT2D eigenvalue weighted by atomic mass is 79.9. The third kappa shape index (κ3) is 4.14. The summed E-state index contributed by atoms with van der Waals surface area (Å²) in [5.74, 6) is -0.450. The second-order valence-corrected chi connectivity index (χ2v) is 5.75. The van der Waals surface area contributed by atoms with Crippen LogP contribution in [0.5, 0.6) is 0 Å². The topological polar surface area (TPSA) is 29.1 Å². The Morgan fingerprint density at radius 3 is 2.42 bits per heavy atom. The first-order valence-electron chi connectivity index (χ1n) is 5.54. The minimum atomic E-state index is -0.306. The van der Waals surface area contributed by atoms with E-state index in [1.807, 2.05) is 12.1 Å². The Kier molecular flexibility index (Phi) is 4.71. The third-order valence-electron chi connectivity index (χ3n) is 2.48. The summed E-state index contributed by atoms with van der Waals surface area (Å²) in [7, 11) is 0. The Labute approximate surface area is 127 Å². The normalized spacial score (nSPS) is 10.3. The standard InChI is InChI=1S/C14H10Br2FNO/c15-10-3-6-13(12(16)8-10)18-14(19)7-9-1-4-11(17)5-2-9/h1-6,8H,7H2,(H,18,19). The zero-order valence-electron chi connectivity index (χ0n) is 9.79. The second kappa shape index (κ2) is 6.30. The molecule has 2 nitrogen and oxygen atoms in total. The van der Waals surface area contributed by atoms with E-state index >= 15 is 0 Å². The van der Waals surface area contributed by atoms with E-state index in [1.165, 1.54) is 12.1 Å². The number of amides is 1. The Balaban J connectivity index is 2.03. The van der Waals surface area contributed by atoms with Gasteiger partial charge in [0.2, 0.25) is 5.91 Å². The van der Waals surface area contributed by atoms with Gasteiger partial charge in [0, 0.05) is 8.95 Å². The highest BCUT2D eigenvalue weighted by Crippen LogP contribution is 2.26. The third-order valence-corrected chi connectivity index (χ3v) is 3.63. The number of halogens is 3. The molecular weight excluding hydrogens is 377 g/mol. The molecule has 2 aromatic rings. The van der Waals surface area contributed by atoms with Crippen molar-refractivity contribution < 1.29 is 9.18 Å². The molecule has 2 rings (SSSR count). The van der Waals surface area contributed by atoms with Crippen LogP contribution in [0.2, 0.25) is 0 Å². The Hall–Kier alpha value is -1.20. The smallest absolute Gasteiger partial charge is 0.228 e. The van der Waals surface area contributed by atoms with Crippen molar-refractivity contribution in [2.45, 2.75) is 6.42 Å². The van der Waals surface area contributed by atoms with Gasteiger partial charge < -0.3 is 5.32 Å². The first-order valence-corrected chi connectivity index (χ1v) is 7.12. The minimum Gasteiger partial charge on any atom is -0.325 e. The predicted molar refractivity (Wildman–Crippen MR) is 80.6 cm³/mol. The summed E-state index contributed by atoms with van der Waals surface area (Å²) in [6.07, 6.45) is 0.211. The summed E-state index contributed by atoms with van der Waals surface area (Å²) >= 11 is 6.72. The van der Waals surface area contributed by atoms with Crippen LogP contribution in [0.15, 0.2) is 51.4 Å². The number of carbonyl (C=O) groups excluding carboxylic acids is 1. The molecule has 0 fully saturated rings. The van der Waals surface area contributed by atoms with E-state index in [-0.39, 0.29) is 18.1 Å². The van der Waals surface area contributed by atoms with Gasteiger partial charge in [-0.05, 0) is 51.8 Å². The van der Waals surface area contributed by atoms with E-state index in [0.29, 0.717) is 5.69 Å². The zero-order chi connectivity index (χ0) is 13.8. The van der Waals surface area contributed by atoms with Crippen LogP contribution in [0, 0.1) is 5.82 Å². The average molecular weight is 387 g/mol. The van der Waals surface area contributed by atoms with Crippen LogP contribution < -0.4 is 5.32 Å². The molecule has 98 valence electrons. The monoisotopic (exact) mass is 385 g/mol. The number of benzene rings is 2. The van der Waals surface area contributed by atoms with Gasteiger partial charge in [-0.25, -0.2) is 4.39 Å². The molecule has 1 N–H and O–H groups in total. The van der Waals surface area contributed by atoms with Gasteiger partial charge >= 0.3 is 0 Å². The van der Waals surface area contributed by atoms with E-state index in [1.54, 1.807) is 18.2 Å². The summed E-state index contributed by atoms with van der Waals surface area (Å²) in [5, 5.41) is 2.80. The molecule has 1 amide bonds. The van der Waals surface area contributed by atoms with Gasteiger partial charge in [-0.3, -0.25) is 4.79 Å². The lowest BCUT2D eigenvalue weighted by Crippen LogP contribution is -2.14. The van der Waals surface area contributed by atoms with E-state index in [9.17, 15) is 9.18 Å². The molecule has 0 aromatic heterocycles. The van der Waals surface area contributed by atoms with Crippen molar-refractivity contribution in [3.63, 3.8) is 0 Å². The first kappa shape index (κ1) is 14.2. The average Bonchev–Trinajstić information content (AvgIpc) is 2.36. The molecule has 5 heteroatoms. The van der Waals surface area contributed by atoms with Gasteiger partial charge in [0.25, 0.3) is 0 Å². The molecule has 0 saturated carbocycles. The lowest BCUT2D eigenvalue weighted by molar-refractivity contribution is -0.115. The Morgan fingerprint density at radius 1 is 1.11 bits per heavy atom. The fourth-order valence-corrected chi connectivity index (χ4v) is 2.72. The maximum atomic E-state index is 12.8. The van der Waals surface area contributed by atoms with Gasteiger partial charge in [-0.1, -0.05) is 28.1 Å². The van der Waals surface area contributed by atoms with Crippen molar-refractivity contribution in [3.05, 3.63) is 62.8 Å². The molecule has 0 aliphatic carbocycles. The van der Waals surface area contributed by atoms with Crippen LogP contribution in [0.3, 0.4) is 0 Å². The van der Waals surface area contributed by atoms with Crippen LogP contribution in [0.1, 0.15) is 5.56 Å². The van der Waals surface area contributed by atoms with E-state index in [2.05, 4.69) is 37.2 Å². The van der Waals surface area contributed by atoms with Gasteiger partial charge in [0.15, 0.2) is 0 Å². The molecule has 19 heavy (non-hydrogen) atoms. The highest BCUT2D eigenvalue weighted by Gasteiger charge is 2.07. The van der Waals surface area contributed by atoms with E-state index < -0.39 is 0 Å². The Morgan fingerprint density at radius 2 is 1.79 bits per heavy atom. The fourth-order valence-electron chi connectivity index (χ4n) is 1.57. The molecule has 0 aliphatic heterocycles. The van der Waals surface area contributed by atoms with Gasteiger partial charge in [0.1, 0.15) is 5.82 Å². The predicted octanol–water partition coefficient (Wildman–Crippen LogP) is 4.53. The molecule has 0 heterocycles. The van der Waals surface area contributed by atoms with Crippen LogP contribution >= 0.6 is 31.9 Å². The summed E-state index contributed by atoms with van der Waals surface area (Å²) < 4.78 is 14.5. The van der Waals surface area contributed by atoms with Crippen molar-refractivity contribution in [2.24, 2.45) is 0 Å². The largest absolute Gasteiger partial charge is 0.325 e. The van der Waals surface area contributed by atoms with Crippen molar-refractivity contribution in [2.75, 3.05) is 5.32 Å². The molecule has 0 aliphatic rings. The molecule has 0 saturated heterocycles. The maximum Gasteiger partial charge on any atom is 0.228 e. The quantitative estimate of drug-likeness (QED) is 0.824. The zero-order valence-corrected chi connectivity index (χ0v) is 13.0. The number of rotatable bonds is 3. The van der Waals surface area contributed by atoms with Crippen molar-refractivity contribution in [3.8, 4) is 0 Å². The lowest BCUT2D eigenvalue weighted by Gasteiger charge is -2.08. The van der Waals surface area contributed by atoms with Crippen LogP contribution in [-0.4, -0.2) is 5.91 Å². The number of hydrogen-bond acceptors (Lipinski definition) is 1. The summed E-state index contributed by atoms with van der Waals surface area (Å²) in [4.78, 5) is 11.9. The van der Waals surface area contributed by atoms with Crippen LogP contribution in [-0.2, 0) is 11.2 Å². The lowest BCUT2D eigenvalue weighted by atomic mass is 10.1. The van der Waals surface area contributed by atoms with Crippen molar-refractivity contribution in [1.82, 2.24) is 0 Å². The van der Waals surface area contributed by atoms with Crippen molar-refractivity contribution in [1.29, 1.82) is 0 Å². The molecule has 0 unspecified atom stereocenters. The number of carbonyl (C=O) groups is 1. The maximum absolute atomic E-state index is 12.8. The number of hydrogen-bond donors (Lipinski definition) is 1. The molecule has 2 aromatic carbocycles. The molecule has 0 radical (unpaired) electrons. The van der Waals surface area contributed by atoms with Gasteiger partial charge in [-0.15, -0.1) is 0 Å². The van der Waals surface area contributed by atoms with Crippen LogP contribution in [0.25, 0.3) is 0 Å². The van der Waals surface area contributed by atoms with Crippen molar-refractivity contribution >= 4 is 43.5 Å².